The molecule has 0 amide bonds. The van der Waals surface area contributed by atoms with Gasteiger partial charge < -0.3 is 10.6 Å². The van der Waals surface area contributed by atoms with Crippen molar-refractivity contribution in [1.29, 1.82) is 0 Å². The minimum absolute atomic E-state index is 0. The Morgan fingerprint density at radius 3 is 2.64 bits per heavy atom. The molecular formula is C9H8N2O3. The third-order valence-corrected chi connectivity index (χ3v) is 1.71. The molecule has 0 aliphatic rings. The Balaban J connectivity index is 0.000000980. The van der Waals surface area contributed by atoms with E-state index in [4.69, 9.17) is 5.11 Å². The van der Waals surface area contributed by atoms with Gasteiger partial charge in [-0.15, -0.1) is 10.2 Å². The van der Waals surface area contributed by atoms with Crippen molar-refractivity contribution in [2.75, 3.05) is 0 Å². The van der Waals surface area contributed by atoms with Crippen LogP contribution in [0.3, 0.4) is 0 Å². The van der Waals surface area contributed by atoms with Gasteiger partial charge in [0.25, 0.3) is 0 Å². The highest BCUT2D eigenvalue weighted by Crippen LogP contribution is 2.10. The second-order valence-electron chi connectivity index (χ2n) is 2.59. The molecule has 1 heterocycles. The largest absolute Gasteiger partial charge is 0.476 e. The van der Waals surface area contributed by atoms with Crippen LogP contribution < -0.4 is 0 Å². The molecule has 14 heavy (non-hydrogen) atoms. The Kier molecular flexibility index (Phi) is 2.73. The first-order valence-corrected chi connectivity index (χ1v) is 3.73. The fraction of sp³-hybridized carbons (Fsp3) is 0. The van der Waals surface area contributed by atoms with Crippen LogP contribution in [0.5, 0.6) is 0 Å². The normalized spacial score (nSPS) is 9.43. The van der Waals surface area contributed by atoms with Crippen LogP contribution in [0.2, 0.25) is 0 Å². The van der Waals surface area contributed by atoms with Gasteiger partial charge >= 0.3 is 5.97 Å². The Labute approximate surface area is 79.3 Å². The van der Waals surface area contributed by atoms with Gasteiger partial charge in [0.1, 0.15) is 0 Å². The molecule has 0 bridgehead atoms. The zero-order chi connectivity index (χ0) is 9.26. The van der Waals surface area contributed by atoms with Gasteiger partial charge in [-0.2, -0.15) is 0 Å². The topological polar surface area (TPSA) is 94.6 Å². The van der Waals surface area contributed by atoms with Crippen LogP contribution in [0.4, 0.5) is 0 Å². The minimum Gasteiger partial charge on any atom is -0.476 e. The standard InChI is InChI=1S/C9H6N2O2.H2O/c12-9(13)8-5-6-3-1-2-4-7(6)10-11-8;/h1-5H,(H,12,13);1H2. The maximum atomic E-state index is 10.5. The number of hydrogen-bond acceptors (Lipinski definition) is 3. The lowest BCUT2D eigenvalue weighted by atomic mass is 10.2. The summed E-state index contributed by atoms with van der Waals surface area (Å²) in [5.41, 5.74) is 0.672. The summed E-state index contributed by atoms with van der Waals surface area (Å²) >= 11 is 0. The summed E-state index contributed by atoms with van der Waals surface area (Å²) < 4.78 is 0. The van der Waals surface area contributed by atoms with Crippen molar-refractivity contribution in [3.63, 3.8) is 0 Å². The summed E-state index contributed by atoms with van der Waals surface area (Å²) in [5, 5.41) is 16.8. The van der Waals surface area contributed by atoms with Crippen LogP contribution in [0.15, 0.2) is 30.3 Å². The number of aromatic carboxylic acids is 1. The van der Waals surface area contributed by atoms with Gasteiger partial charge in [-0.1, -0.05) is 18.2 Å². The van der Waals surface area contributed by atoms with Gasteiger partial charge in [-0.25, -0.2) is 4.79 Å². The fourth-order valence-electron chi connectivity index (χ4n) is 1.09. The molecule has 2 aromatic rings. The molecule has 3 N–H and O–H groups in total. The predicted molar refractivity (Wildman–Crippen MR) is 50.1 cm³/mol. The van der Waals surface area contributed by atoms with Gasteiger partial charge in [0.2, 0.25) is 0 Å². The van der Waals surface area contributed by atoms with Crippen molar-refractivity contribution in [2.45, 2.75) is 0 Å². The van der Waals surface area contributed by atoms with Gasteiger partial charge in [-0.3, -0.25) is 0 Å². The molecule has 1 aromatic heterocycles. The summed E-state index contributed by atoms with van der Waals surface area (Å²) in [7, 11) is 0. The van der Waals surface area contributed by atoms with Gasteiger partial charge in [-0.05, 0) is 12.1 Å². The first kappa shape index (κ1) is 10.1. The minimum atomic E-state index is -1.06. The van der Waals surface area contributed by atoms with E-state index < -0.39 is 5.97 Å². The lowest BCUT2D eigenvalue weighted by Crippen LogP contribution is -2.01. The van der Waals surface area contributed by atoms with Crippen LogP contribution in [0.25, 0.3) is 10.9 Å². The molecule has 0 fully saturated rings. The highest BCUT2D eigenvalue weighted by Gasteiger charge is 2.05. The average molecular weight is 192 g/mol. The van der Waals surface area contributed by atoms with Crippen LogP contribution in [-0.2, 0) is 0 Å². The number of benzene rings is 1. The third-order valence-electron chi connectivity index (χ3n) is 1.71. The first-order valence-electron chi connectivity index (χ1n) is 3.73. The van der Waals surface area contributed by atoms with E-state index >= 15 is 0 Å². The molecule has 0 unspecified atom stereocenters. The second-order valence-corrected chi connectivity index (χ2v) is 2.59. The molecule has 0 spiro atoms. The van der Waals surface area contributed by atoms with Crippen LogP contribution >= 0.6 is 0 Å². The number of fused-ring (bicyclic) bond motifs is 1. The number of aromatic nitrogens is 2. The van der Waals surface area contributed by atoms with Crippen LogP contribution in [0.1, 0.15) is 10.5 Å². The number of carbonyl (C=O) groups is 1. The maximum Gasteiger partial charge on any atom is 0.356 e. The number of hydrogen-bond donors (Lipinski definition) is 1. The van der Waals surface area contributed by atoms with E-state index in [-0.39, 0.29) is 11.2 Å². The Morgan fingerprint density at radius 1 is 1.21 bits per heavy atom. The summed E-state index contributed by atoms with van der Waals surface area (Å²) in [6.45, 7) is 0. The smallest absolute Gasteiger partial charge is 0.356 e. The Morgan fingerprint density at radius 2 is 1.93 bits per heavy atom. The molecule has 0 saturated heterocycles. The van der Waals surface area contributed by atoms with Crippen molar-refractivity contribution >= 4 is 16.9 Å². The quantitative estimate of drug-likeness (QED) is 0.711. The number of rotatable bonds is 1. The van der Waals surface area contributed by atoms with E-state index in [1.807, 2.05) is 12.1 Å². The zero-order valence-electron chi connectivity index (χ0n) is 7.14. The highest BCUT2D eigenvalue weighted by molar-refractivity contribution is 5.90. The monoisotopic (exact) mass is 192 g/mol. The molecular weight excluding hydrogens is 184 g/mol. The summed E-state index contributed by atoms with van der Waals surface area (Å²) in [6, 6.07) is 8.75. The van der Waals surface area contributed by atoms with Gasteiger partial charge in [0.05, 0.1) is 5.52 Å². The average Bonchev–Trinajstić information content (AvgIpc) is 2.17. The van der Waals surface area contributed by atoms with E-state index in [1.54, 1.807) is 12.1 Å². The summed E-state index contributed by atoms with van der Waals surface area (Å²) in [4.78, 5) is 10.5. The first-order chi connectivity index (χ1) is 6.27. The SMILES string of the molecule is O.O=C(O)c1cc2ccccc2nn1. The maximum absolute atomic E-state index is 10.5. The van der Waals surface area contributed by atoms with Crippen LogP contribution in [-0.4, -0.2) is 26.7 Å². The third kappa shape index (κ3) is 1.67. The van der Waals surface area contributed by atoms with Gasteiger partial charge in [0, 0.05) is 5.39 Å². The molecule has 72 valence electrons. The molecule has 0 aliphatic heterocycles. The molecule has 0 atom stereocenters. The molecule has 0 saturated carbocycles. The van der Waals surface area contributed by atoms with E-state index in [2.05, 4.69) is 10.2 Å². The van der Waals surface area contributed by atoms with Crippen molar-refractivity contribution < 1.29 is 15.4 Å². The Bertz CT molecular complexity index is 470. The van der Waals surface area contributed by atoms with Crippen molar-refractivity contribution in [3.05, 3.63) is 36.0 Å². The molecule has 1 aromatic carbocycles. The molecule has 5 heteroatoms. The van der Waals surface area contributed by atoms with Crippen molar-refractivity contribution in [1.82, 2.24) is 10.2 Å². The van der Waals surface area contributed by atoms with E-state index in [0.29, 0.717) is 5.52 Å². The number of carboxylic acids is 1. The zero-order valence-corrected chi connectivity index (χ0v) is 7.14. The lowest BCUT2D eigenvalue weighted by Gasteiger charge is -1.95. The molecule has 0 aliphatic carbocycles. The van der Waals surface area contributed by atoms with Crippen molar-refractivity contribution in [3.8, 4) is 0 Å². The summed E-state index contributed by atoms with van der Waals surface area (Å²) in [6.07, 6.45) is 0. The van der Waals surface area contributed by atoms with E-state index in [9.17, 15) is 4.79 Å². The predicted octanol–water partition coefficient (Wildman–Crippen LogP) is 0.503. The molecule has 5 nitrogen and oxygen atoms in total. The van der Waals surface area contributed by atoms with Gasteiger partial charge in [0.15, 0.2) is 5.69 Å². The highest BCUT2D eigenvalue weighted by atomic mass is 16.4. The summed E-state index contributed by atoms with van der Waals surface area (Å²) in [5.74, 6) is -1.06. The number of nitrogens with zero attached hydrogens (tertiary/aromatic N) is 2. The van der Waals surface area contributed by atoms with Crippen molar-refractivity contribution in [2.24, 2.45) is 0 Å². The lowest BCUT2D eigenvalue weighted by molar-refractivity contribution is 0.0689. The number of carboxylic acid groups (broad SMARTS) is 1. The molecule has 2 rings (SSSR count). The second kappa shape index (κ2) is 3.80. The van der Waals surface area contributed by atoms with E-state index in [1.165, 1.54) is 6.07 Å². The molecule has 0 radical (unpaired) electrons. The van der Waals surface area contributed by atoms with Crippen LogP contribution in [0, 0.1) is 0 Å². The Hall–Kier alpha value is -2.01. The van der Waals surface area contributed by atoms with E-state index in [0.717, 1.165) is 5.39 Å². The fourth-order valence-corrected chi connectivity index (χ4v) is 1.09.